The molecule has 0 radical (unpaired) electrons. The van der Waals surface area contributed by atoms with Crippen molar-refractivity contribution in [1.29, 1.82) is 0 Å². The monoisotopic (exact) mass is 283 g/mol. The molecule has 5 nitrogen and oxygen atoms in total. The molecular formula is C16H17N3O2. The molecule has 108 valence electrons. The number of anilines is 1. The number of carbonyl (C=O) groups excluding carboxylic acids is 2. The van der Waals surface area contributed by atoms with Crippen LogP contribution in [0.25, 0.3) is 0 Å². The van der Waals surface area contributed by atoms with Crippen molar-refractivity contribution in [1.82, 2.24) is 9.55 Å². The van der Waals surface area contributed by atoms with E-state index in [1.165, 1.54) is 0 Å². The zero-order valence-corrected chi connectivity index (χ0v) is 12.2. The number of aryl methyl sites for hydroxylation is 2. The fraction of sp³-hybridized carbons (Fsp3) is 0.312. The Bertz CT molecular complexity index is 718. The molecule has 1 aliphatic rings. The van der Waals surface area contributed by atoms with E-state index in [2.05, 4.69) is 4.98 Å². The molecule has 0 fully saturated rings. The molecule has 1 aromatic heterocycles. The highest BCUT2D eigenvalue weighted by atomic mass is 16.2. The normalized spacial score (nSPS) is 13.9. The summed E-state index contributed by atoms with van der Waals surface area (Å²) in [4.78, 5) is 30.0. The lowest BCUT2D eigenvalue weighted by Gasteiger charge is -2.17. The Kier molecular flexibility index (Phi) is 3.33. The maximum atomic E-state index is 12.2. The quantitative estimate of drug-likeness (QED) is 0.806. The molecule has 21 heavy (non-hydrogen) atoms. The summed E-state index contributed by atoms with van der Waals surface area (Å²) < 4.78 is 1.97. The predicted molar refractivity (Wildman–Crippen MR) is 79.5 cm³/mol. The van der Waals surface area contributed by atoms with Gasteiger partial charge in [-0.3, -0.25) is 9.59 Å². The van der Waals surface area contributed by atoms with Crippen LogP contribution in [0.5, 0.6) is 0 Å². The number of aromatic nitrogens is 2. The van der Waals surface area contributed by atoms with Crippen molar-refractivity contribution in [2.24, 2.45) is 0 Å². The number of fused-ring (bicyclic) bond motifs is 1. The van der Waals surface area contributed by atoms with Crippen LogP contribution >= 0.6 is 0 Å². The van der Waals surface area contributed by atoms with Gasteiger partial charge in [-0.1, -0.05) is 13.0 Å². The van der Waals surface area contributed by atoms with Gasteiger partial charge in [-0.25, -0.2) is 4.98 Å². The SMILES string of the molecule is CCc1ccc2c(c1)C(=O)C(=O)N2CCn1ccnc1C. The minimum atomic E-state index is -0.434. The molecule has 0 saturated carbocycles. The van der Waals surface area contributed by atoms with E-state index in [1.54, 1.807) is 11.1 Å². The molecular weight excluding hydrogens is 266 g/mol. The van der Waals surface area contributed by atoms with Gasteiger partial charge in [-0.15, -0.1) is 0 Å². The Labute approximate surface area is 123 Å². The first kappa shape index (κ1) is 13.5. The minimum absolute atomic E-state index is 0.400. The zero-order valence-electron chi connectivity index (χ0n) is 12.2. The van der Waals surface area contributed by atoms with Crippen molar-refractivity contribution < 1.29 is 9.59 Å². The summed E-state index contributed by atoms with van der Waals surface area (Å²) in [6, 6.07) is 5.68. The van der Waals surface area contributed by atoms with Crippen molar-refractivity contribution in [3.63, 3.8) is 0 Å². The molecule has 0 atom stereocenters. The number of ketones is 1. The van der Waals surface area contributed by atoms with Crippen LogP contribution in [0.15, 0.2) is 30.6 Å². The molecule has 2 aromatic rings. The van der Waals surface area contributed by atoms with E-state index in [9.17, 15) is 9.59 Å². The average molecular weight is 283 g/mol. The van der Waals surface area contributed by atoms with Crippen molar-refractivity contribution in [2.75, 3.05) is 11.4 Å². The van der Waals surface area contributed by atoms with Crippen LogP contribution in [-0.2, 0) is 17.8 Å². The number of carbonyl (C=O) groups is 2. The van der Waals surface area contributed by atoms with Gasteiger partial charge in [0.2, 0.25) is 0 Å². The fourth-order valence-corrected chi connectivity index (χ4v) is 2.64. The topological polar surface area (TPSA) is 55.2 Å². The highest BCUT2D eigenvalue weighted by molar-refractivity contribution is 6.52. The van der Waals surface area contributed by atoms with Crippen LogP contribution in [0, 0.1) is 6.92 Å². The van der Waals surface area contributed by atoms with Crippen LogP contribution in [0.2, 0.25) is 0 Å². The van der Waals surface area contributed by atoms with Gasteiger partial charge in [-0.05, 0) is 31.0 Å². The molecule has 5 heteroatoms. The van der Waals surface area contributed by atoms with E-state index >= 15 is 0 Å². The van der Waals surface area contributed by atoms with Gasteiger partial charge in [0.15, 0.2) is 0 Å². The van der Waals surface area contributed by atoms with Gasteiger partial charge in [0.25, 0.3) is 11.7 Å². The highest BCUT2D eigenvalue weighted by Gasteiger charge is 2.35. The fourth-order valence-electron chi connectivity index (χ4n) is 2.64. The number of imidazole rings is 1. The first-order valence-electron chi connectivity index (χ1n) is 7.08. The van der Waals surface area contributed by atoms with Crippen molar-refractivity contribution in [2.45, 2.75) is 26.8 Å². The molecule has 1 amide bonds. The smallest absolute Gasteiger partial charge is 0.299 e. The first-order chi connectivity index (χ1) is 10.1. The van der Waals surface area contributed by atoms with Gasteiger partial charge in [-0.2, -0.15) is 0 Å². The Morgan fingerprint density at radius 3 is 2.67 bits per heavy atom. The summed E-state index contributed by atoms with van der Waals surface area (Å²) in [6.45, 7) is 5.04. The van der Waals surface area contributed by atoms with Crippen LogP contribution < -0.4 is 4.90 Å². The summed E-state index contributed by atoms with van der Waals surface area (Å²) in [7, 11) is 0. The average Bonchev–Trinajstić information content (AvgIpc) is 3.00. The highest BCUT2D eigenvalue weighted by Crippen LogP contribution is 2.29. The second-order valence-corrected chi connectivity index (χ2v) is 5.16. The number of rotatable bonds is 4. The molecule has 0 saturated heterocycles. The second-order valence-electron chi connectivity index (χ2n) is 5.16. The molecule has 3 rings (SSSR count). The van der Waals surface area contributed by atoms with Crippen LogP contribution in [0.1, 0.15) is 28.7 Å². The van der Waals surface area contributed by atoms with E-state index in [1.807, 2.05) is 42.8 Å². The number of Topliss-reactive ketones (excluding diaryl/α,β-unsaturated/α-hetero) is 1. The summed E-state index contributed by atoms with van der Waals surface area (Å²) in [5, 5.41) is 0. The van der Waals surface area contributed by atoms with Crippen LogP contribution in [-0.4, -0.2) is 27.8 Å². The maximum Gasteiger partial charge on any atom is 0.299 e. The predicted octanol–water partition coefficient (Wildman–Crippen LogP) is 1.98. The first-order valence-corrected chi connectivity index (χ1v) is 7.08. The standard InChI is InChI=1S/C16H17N3O2/c1-3-12-4-5-14-13(10-12)15(20)16(21)19(14)9-8-18-7-6-17-11(18)2/h4-7,10H,3,8-9H2,1-2H3. The van der Waals surface area contributed by atoms with Crippen molar-refractivity contribution in [3.8, 4) is 0 Å². The minimum Gasteiger partial charge on any atom is -0.333 e. The van der Waals surface area contributed by atoms with E-state index < -0.39 is 11.7 Å². The zero-order chi connectivity index (χ0) is 15.0. The van der Waals surface area contributed by atoms with Gasteiger partial charge in [0, 0.05) is 25.5 Å². The molecule has 0 N–H and O–H groups in total. The molecule has 0 unspecified atom stereocenters. The number of benzene rings is 1. The lowest BCUT2D eigenvalue weighted by Crippen LogP contribution is -2.32. The van der Waals surface area contributed by atoms with Gasteiger partial charge >= 0.3 is 0 Å². The maximum absolute atomic E-state index is 12.2. The van der Waals surface area contributed by atoms with E-state index in [-0.39, 0.29) is 0 Å². The summed E-state index contributed by atoms with van der Waals surface area (Å²) >= 11 is 0. The van der Waals surface area contributed by atoms with E-state index in [0.717, 1.165) is 23.5 Å². The third kappa shape index (κ3) is 2.24. The summed E-state index contributed by atoms with van der Waals surface area (Å²) in [5.41, 5.74) is 2.32. The number of amides is 1. The Morgan fingerprint density at radius 2 is 2.00 bits per heavy atom. The Morgan fingerprint density at radius 1 is 1.19 bits per heavy atom. The van der Waals surface area contributed by atoms with E-state index in [0.29, 0.717) is 18.7 Å². The van der Waals surface area contributed by atoms with Gasteiger partial charge in [0.05, 0.1) is 11.3 Å². The molecule has 1 aliphatic heterocycles. The Balaban J connectivity index is 1.86. The Hall–Kier alpha value is -2.43. The molecule has 0 aliphatic carbocycles. The lowest BCUT2D eigenvalue weighted by atomic mass is 10.1. The summed E-state index contributed by atoms with van der Waals surface area (Å²) in [5.74, 6) is 0.0631. The van der Waals surface area contributed by atoms with Crippen molar-refractivity contribution in [3.05, 3.63) is 47.5 Å². The summed E-state index contributed by atoms with van der Waals surface area (Å²) in [6.07, 6.45) is 4.45. The third-order valence-electron chi connectivity index (χ3n) is 3.93. The molecule has 1 aromatic carbocycles. The van der Waals surface area contributed by atoms with Gasteiger partial charge in [0.1, 0.15) is 5.82 Å². The lowest BCUT2D eigenvalue weighted by molar-refractivity contribution is -0.114. The van der Waals surface area contributed by atoms with Crippen LogP contribution in [0.3, 0.4) is 0 Å². The molecule has 0 spiro atoms. The second kappa shape index (κ2) is 5.16. The third-order valence-corrected chi connectivity index (χ3v) is 3.93. The van der Waals surface area contributed by atoms with E-state index in [4.69, 9.17) is 0 Å². The van der Waals surface area contributed by atoms with Crippen LogP contribution in [0.4, 0.5) is 5.69 Å². The number of hydrogen-bond donors (Lipinski definition) is 0. The van der Waals surface area contributed by atoms with Gasteiger partial charge < -0.3 is 9.47 Å². The van der Waals surface area contributed by atoms with Crippen molar-refractivity contribution >= 4 is 17.4 Å². The largest absolute Gasteiger partial charge is 0.333 e. The number of hydrogen-bond acceptors (Lipinski definition) is 3. The number of nitrogens with zero attached hydrogens (tertiary/aromatic N) is 3. The molecule has 0 bridgehead atoms. The molecule has 2 heterocycles.